The van der Waals surface area contributed by atoms with E-state index in [1.54, 1.807) is 5.57 Å². The Kier molecular flexibility index (Phi) is 7.22. The summed E-state index contributed by atoms with van der Waals surface area (Å²) in [5.74, 6) is 2.48. The fourth-order valence-electron chi connectivity index (χ4n) is 4.06. The Bertz CT molecular complexity index is 442. The van der Waals surface area contributed by atoms with E-state index in [2.05, 4.69) is 57.2 Å². The van der Waals surface area contributed by atoms with E-state index >= 15 is 0 Å². The van der Waals surface area contributed by atoms with Crippen LogP contribution in [0.4, 0.5) is 0 Å². The summed E-state index contributed by atoms with van der Waals surface area (Å²) in [7, 11) is 0. The van der Waals surface area contributed by atoms with Gasteiger partial charge in [0, 0.05) is 5.92 Å². The molecule has 1 aliphatic carbocycles. The van der Waals surface area contributed by atoms with Crippen molar-refractivity contribution in [3.05, 3.63) is 47.5 Å². The van der Waals surface area contributed by atoms with Crippen molar-refractivity contribution in [2.45, 2.75) is 78.1 Å². The van der Waals surface area contributed by atoms with Crippen LogP contribution in [0.1, 0.15) is 83.6 Å². The quantitative estimate of drug-likeness (QED) is 0.354. The lowest BCUT2D eigenvalue weighted by Crippen LogP contribution is -2.17. The zero-order chi connectivity index (χ0) is 15.8. The Hall–Kier alpha value is -1.04. The number of unbranched alkanes of at least 4 members (excludes halogenated alkanes) is 2. The van der Waals surface area contributed by atoms with E-state index in [1.165, 1.54) is 56.9 Å². The molecule has 0 fully saturated rings. The number of hydrogen-bond acceptors (Lipinski definition) is 0. The minimum Gasteiger partial charge on any atom is -0.0844 e. The number of benzene rings is 1. The molecule has 3 unspecified atom stereocenters. The van der Waals surface area contributed by atoms with Gasteiger partial charge >= 0.3 is 0 Å². The molecule has 0 amide bonds. The van der Waals surface area contributed by atoms with Crippen LogP contribution in [-0.2, 0) is 0 Å². The van der Waals surface area contributed by atoms with Gasteiger partial charge in [0.05, 0.1) is 0 Å². The molecule has 0 spiro atoms. The molecule has 3 atom stereocenters. The largest absolute Gasteiger partial charge is 0.0844 e. The van der Waals surface area contributed by atoms with Crippen LogP contribution in [0.15, 0.2) is 42.0 Å². The summed E-state index contributed by atoms with van der Waals surface area (Å²) < 4.78 is 0. The summed E-state index contributed by atoms with van der Waals surface area (Å²) in [5, 5.41) is 0. The summed E-state index contributed by atoms with van der Waals surface area (Å²) in [4.78, 5) is 0. The first-order valence-electron chi connectivity index (χ1n) is 9.50. The lowest BCUT2D eigenvalue weighted by atomic mass is 9.75. The highest BCUT2D eigenvalue weighted by molar-refractivity contribution is 5.29. The molecule has 0 aromatic heterocycles. The SMILES string of the molecule is CCCCCC(C)C1CC=C(C(CC)c2ccccc2)CC1. The third-order valence-corrected chi connectivity index (χ3v) is 5.61. The van der Waals surface area contributed by atoms with E-state index < -0.39 is 0 Å². The van der Waals surface area contributed by atoms with Crippen LogP contribution in [0.3, 0.4) is 0 Å². The minimum absolute atomic E-state index is 0.651. The fourth-order valence-corrected chi connectivity index (χ4v) is 4.06. The third kappa shape index (κ3) is 4.73. The first-order valence-corrected chi connectivity index (χ1v) is 9.50. The normalized spacial score (nSPS) is 21.2. The highest BCUT2D eigenvalue weighted by atomic mass is 14.3. The Morgan fingerprint density at radius 1 is 1.09 bits per heavy atom. The van der Waals surface area contributed by atoms with Gasteiger partial charge < -0.3 is 0 Å². The Balaban J connectivity index is 1.92. The smallest absolute Gasteiger partial charge is 0.00455 e. The molecule has 0 N–H and O–H groups in total. The van der Waals surface area contributed by atoms with E-state index in [1.807, 2.05) is 0 Å². The highest BCUT2D eigenvalue weighted by Gasteiger charge is 2.23. The van der Waals surface area contributed by atoms with E-state index in [-0.39, 0.29) is 0 Å². The van der Waals surface area contributed by atoms with Gasteiger partial charge in [-0.2, -0.15) is 0 Å². The second kappa shape index (κ2) is 9.18. The van der Waals surface area contributed by atoms with Gasteiger partial charge in [0.2, 0.25) is 0 Å². The van der Waals surface area contributed by atoms with E-state index in [0.29, 0.717) is 5.92 Å². The van der Waals surface area contributed by atoms with Gasteiger partial charge in [-0.25, -0.2) is 0 Å². The second-order valence-corrected chi connectivity index (χ2v) is 7.16. The van der Waals surface area contributed by atoms with Crippen molar-refractivity contribution >= 4 is 0 Å². The first-order chi connectivity index (χ1) is 10.8. The average molecular weight is 299 g/mol. The zero-order valence-corrected chi connectivity index (χ0v) is 14.9. The maximum atomic E-state index is 2.59. The summed E-state index contributed by atoms with van der Waals surface area (Å²) in [5.41, 5.74) is 3.21. The Morgan fingerprint density at radius 3 is 2.45 bits per heavy atom. The van der Waals surface area contributed by atoms with Crippen molar-refractivity contribution in [2.75, 3.05) is 0 Å². The van der Waals surface area contributed by atoms with Crippen LogP contribution >= 0.6 is 0 Å². The lowest BCUT2D eigenvalue weighted by Gasteiger charge is -2.30. The van der Waals surface area contributed by atoms with Gasteiger partial charge in [0.15, 0.2) is 0 Å². The van der Waals surface area contributed by atoms with Crippen LogP contribution < -0.4 is 0 Å². The Morgan fingerprint density at radius 2 is 1.86 bits per heavy atom. The molecule has 2 rings (SSSR count). The molecule has 0 aliphatic heterocycles. The predicted octanol–water partition coefficient (Wildman–Crippen LogP) is 7.12. The van der Waals surface area contributed by atoms with Crippen molar-refractivity contribution < 1.29 is 0 Å². The number of rotatable bonds is 8. The van der Waals surface area contributed by atoms with Crippen molar-refractivity contribution in [1.82, 2.24) is 0 Å². The maximum absolute atomic E-state index is 2.59. The monoisotopic (exact) mass is 298 g/mol. The summed E-state index contributed by atoms with van der Waals surface area (Å²) in [6.07, 6.45) is 13.5. The minimum atomic E-state index is 0.651. The lowest BCUT2D eigenvalue weighted by molar-refractivity contribution is 0.299. The predicted molar refractivity (Wildman–Crippen MR) is 98.2 cm³/mol. The fraction of sp³-hybridized carbons (Fsp3) is 0.636. The van der Waals surface area contributed by atoms with Crippen LogP contribution in [0, 0.1) is 11.8 Å². The molecule has 22 heavy (non-hydrogen) atoms. The molecule has 0 radical (unpaired) electrons. The summed E-state index contributed by atoms with van der Waals surface area (Å²) >= 11 is 0. The van der Waals surface area contributed by atoms with Gasteiger partial charge in [-0.1, -0.05) is 88.4 Å². The molecule has 0 heterocycles. The molecular formula is C22H34. The molecule has 1 aliphatic rings. The highest BCUT2D eigenvalue weighted by Crippen LogP contribution is 2.38. The molecule has 0 bridgehead atoms. The topological polar surface area (TPSA) is 0 Å². The van der Waals surface area contributed by atoms with Crippen LogP contribution in [-0.4, -0.2) is 0 Å². The van der Waals surface area contributed by atoms with Gasteiger partial charge in [0.25, 0.3) is 0 Å². The van der Waals surface area contributed by atoms with Crippen molar-refractivity contribution in [3.63, 3.8) is 0 Å². The molecule has 0 nitrogen and oxygen atoms in total. The van der Waals surface area contributed by atoms with Gasteiger partial charge in [-0.05, 0) is 43.1 Å². The average Bonchev–Trinajstić information content (AvgIpc) is 2.57. The van der Waals surface area contributed by atoms with Gasteiger partial charge in [-0.15, -0.1) is 0 Å². The van der Waals surface area contributed by atoms with E-state index in [4.69, 9.17) is 0 Å². The molecule has 0 heteroatoms. The van der Waals surface area contributed by atoms with Crippen molar-refractivity contribution in [2.24, 2.45) is 11.8 Å². The molecular weight excluding hydrogens is 264 g/mol. The van der Waals surface area contributed by atoms with Crippen LogP contribution in [0.2, 0.25) is 0 Å². The molecule has 122 valence electrons. The van der Waals surface area contributed by atoms with Crippen LogP contribution in [0.5, 0.6) is 0 Å². The van der Waals surface area contributed by atoms with Gasteiger partial charge in [-0.3, -0.25) is 0 Å². The van der Waals surface area contributed by atoms with Gasteiger partial charge in [0.1, 0.15) is 0 Å². The molecule has 1 aromatic carbocycles. The first kappa shape index (κ1) is 17.3. The maximum Gasteiger partial charge on any atom is 0.00455 e. The standard InChI is InChI=1S/C22H34/c1-4-6-8-11-18(3)19-14-16-21(17-15-19)22(5-2)20-12-9-7-10-13-20/h7,9-10,12-13,16,18-19,22H,4-6,8,11,14-15,17H2,1-3H3. The second-order valence-electron chi connectivity index (χ2n) is 7.16. The number of hydrogen-bond donors (Lipinski definition) is 0. The Labute approximate surface area is 138 Å². The molecule has 0 saturated carbocycles. The van der Waals surface area contributed by atoms with Crippen molar-refractivity contribution in [1.29, 1.82) is 0 Å². The summed E-state index contributed by atoms with van der Waals surface area (Å²) in [6, 6.07) is 11.1. The molecule has 1 aromatic rings. The third-order valence-electron chi connectivity index (χ3n) is 5.61. The molecule has 0 saturated heterocycles. The van der Waals surface area contributed by atoms with E-state index in [9.17, 15) is 0 Å². The zero-order valence-electron chi connectivity index (χ0n) is 14.9. The summed E-state index contributed by atoms with van der Waals surface area (Å²) in [6.45, 7) is 7.11. The van der Waals surface area contributed by atoms with Crippen molar-refractivity contribution in [3.8, 4) is 0 Å². The van der Waals surface area contributed by atoms with E-state index in [0.717, 1.165) is 11.8 Å². The number of allylic oxidation sites excluding steroid dienone is 2. The van der Waals surface area contributed by atoms with Crippen LogP contribution in [0.25, 0.3) is 0 Å².